The minimum atomic E-state index is -1.01. The number of nitrogens with one attached hydrogen (secondary N) is 1. The molecule has 0 aliphatic heterocycles. The van der Waals surface area contributed by atoms with Crippen LogP contribution < -0.4 is 5.32 Å². The topological polar surface area (TPSA) is 84.2 Å². The maximum atomic E-state index is 11.7. The minimum Gasteiger partial charge on any atom is -0.478 e. The number of hydrogen-bond donors (Lipinski definition) is 2. The molecule has 0 saturated heterocycles. The zero-order chi connectivity index (χ0) is 15.1. The largest absolute Gasteiger partial charge is 0.478 e. The first kappa shape index (κ1) is 15.3. The lowest BCUT2D eigenvalue weighted by Crippen LogP contribution is -2.25. The van der Waals surface area contributed by atoms with E-state index in [0.29, 0.717) is 19.5 Å². The molecule has 114 valence electrons. The van der Waals surface area contributed by atoms with Crippen LogP contribution in [-0.2, 0) is 11.3 Å². The van der Waals surface area contributed by atoms with Crippen molar-refractivity contribution < 1.29 is 14.7 Å². The molecule has 0 bridgehead atoms. The SMILES string of the molecule is O=C(CCn1cc(C(=O)O)cn1)NCCC1=CCCCC1. The summed E-state index contributed by atoms with van der Waals surface area (Å²) in [6.07, 6.45) is 11.1. The van der Waals surface area contributed by atoms with Crippen LogP contribution in [0.2, 0.25) is 0 Å². The molecule has 1 aromatic rings. The van der Waals surface area contributed by atoms with E-state index in [2.05, 4.69) is 16.5 Å². The second kappa shape index (κ2) is 7.61. The maximum absolute atomic E-state index is 11.7. The molecule has 0 saturated carbocycles. The van der Waals surface area contributed by atoms with E-state index in [1.165, 1.54) is 35.5 Å². The van der Waals surface area contributed by atoms with Gasteiger partial charge in [0.1, 0.15) is 0 Å². The van der Waals surface area contributed by atoms with Gasteiger partial charge in [0.05, 0.1) is 11.8 Å². The van der Waals surface area contributed by atoms with E-state index in [1.54, 1.807) is 0 Å². The molecular formula is C15H21N3O3. The molecule has 0 atom stereocenters. The molecule has 2 rings (SSSR count). The summed E-state index contributed by atoms with van der Waals surface area (Å²) in [6.45, 7) is 1.06. The highest BCUT2D eigenvalue weighted by atomic mass is 16.4. The van der Waals surface area contributed by atoms with Crippen LogP contribution in [0.4, 0.5) is 0 Å². The average Bonchev–Trinajstić information content (AvgIpc) is 2.95. The zero-order valence-corrected chi connectivity index (χ0v) is 12.0. The summed E-state index contributed by atoms with van der Waals surface area (Å²) < 4.78 is 1.48. The standard InChI is InChI=1S/C15H21N3O3/c19-14(16-8-6-12-4-2-1-3-5-12)7-9-18-11-13(10-17-18)15(20)21/h4,10-11H,1-3,5-9H2,(H,16,19)(H,20,21). The highest BCUT2D eigenvalue weighted by molar-refractivity contribution is 5.86. The number of carbonyl (C=O) groups is 2. The number of aromatic carboxylic acids is 1. The molecule has 1 aliphatic rings. The third kappa shape index (κ3) is 5.06. The number of nitrogens with zero attached hydrogens (tertiary/aromatic N) is 2. The van der Waals surface area contributed by atoms with Crippen LogP contribution in [0.3, 0.4) is 0 Å². The van der Waals surface area contributed by atoms with E-state index in [1.807, 2.05) is 0 Å². The lowest BCUT2D eigenvalue weighted by atomic mass is 9.97. The fourth-order valence-electron chi connectivity index (χ4n) is 2.39. The Morgan fingerprint density at radius 3 is 2.90 bits per heavy atom. The number of aromatic nitrogens is 2. The molecule has 6 nitrogen and oxygen atoms in total. The van der Waals surface area contributed by atoms with E-state index < -0.39 is 5.97 Å². The van der Waals surface area contributed by atoms with Gasteiger partial charge in [-0.1, -0.05) is 11.6 Å². The molecular weight excluding hydrogens is 270 g/mol. The van der Waals surface area contributed by atoms with Gasteiger partial charge in [0.2, 0.25) is 5.91 Å². The quantitative estimate of drug-likeness (QED) is 0.752. The van der Waals surface area contributed by atoms with Crippen LogP contribution in [0, 0.1) is 0 Å². The highest BCUT2D eigenvalue weighted by Gasteiger charge is 2.08. The molecule has 1 amide bonds. The fraction of sp³-hybridized carbons (Fsp3) is 0.533. The first-order chi connectivity index (χ1) is 10.1. The average molecular weight is 291 g/mol. The molecule has 0 aromatic carbocycles. The van der Waals surface area contributed by atoms with Gasteiger partial charge < -0.3 is 10.4 Å². The number of carbonyl (C=O) groups excluding carboxylic acids is 1. The monoisotopic (exact) mass is 291 g/mol. The number of amides is 1. The van der Waals surface area contributed by atoms with E-state index in [-0.39, 0.29) is 11.5 Å². The highest BCUT2D eigenvalue weighted by Crippen LogP contribution is 2.19. The Hall–Kier alpha value is -2.11. The predicted molar refractivity (Wildman–Crippen MR) is 78.0 cm³/mol. The molecule has 0 spiro atoms. The van der Waals surface area contributed by atoms with Crippen LogP contribution in [0.25, 0.3) is 0 Å². The van der Waals surface area contributed by atoms with Crippen molar-refractivity contribution in [2.45, 2.75) is 45.1 Å². The number of allylic oxidation sites excluding steroid dienone is 1. The molecule has 1 heterocycles. The Labute approximate surface area is 123 Å². The van der Waals surface area contributed by atoms with Gasteiger partial charge in [0.15, 0.2) is 0 Å². The normalized spacial score (nSPS) is 14.6. The lowest BCUT2D eigenvalue weighted by Gasteiger charge is -2.12. The van der Waals surface area contributed by atoms with Gasteiger partial charge in [-0.15, -0.1) is 0 Å². The molecule has 0 radical (unpaired) electrons. The third-order valence-electron chi connectivity index (χ3n) is 3.60. The predicted octanol–water partition coefficient (Wildman–Crippen LogP) is 1.98. The van der Waals surface area contributed by atoms with Crippen LogP contribution in [0.15, 0.2) is 24.0 Å². The first-order valence-corrected chi connectivity index (χ1v) is 7.35. The Morgan fingerprint density at radius 1 is 1.38 bits per heavy atom. The number of aryl methyl sites for hydroxylation is 1. The fourth-order valence-corrected chi connectivity index (χ4v) is 2.39. The van der Waals surface area contributed by atoms with Gasteiger partial charge in [-0.2, -0.15) is 5.10 Å². The van der Waals surface area contributed by atoms with Gasteiger partial charge in [-0.25, -0.2) is 4.79 Å². The van der Waals surface area contributed by atoms with Gasteiger partial charge in [0, 0.05) is 25.7 Å². The zero-order valence-electron chi connectivity index (χ0n) is 12.0. The van der Waals surface area contributed by atoms with Crippen LogP contribution in [-0.4, -0.2) is 33.3 Å². The molecule has 1 aromatic heterocycles. The third-order valence-corrected chi connectivity index (χ3v) is 3.60. The van der Waals surface area contributed by atoms with E-state index in [0.717, 1.165) is 19.3 Å². The van der Waals surface area contributed by atoms with Crippen molar-refractivity contribution in [1.82, 2.24) is 15.1 Å². The maximum Gasteiger partial charge on any atom is 0.338 e. The minimum absolute atomic E-state index is 0.0289. The molecule has 1 aliphatic carbocycles. The summed E-state index contributed by atoms with van der Waals surface area (Å²) in [4.78, 5) is 22.4. The Kier molecular flexibility index (Phi) is 5.54. The van der Waals surface area contributed by atoms with Crippen molar-refractivity contribution in [3.63, 3.8) is 0 Å². The van der Waals surface area contributed by atoms with Crippen LogP contribution in [0.1, 0.15) is 48.9 Å². The van der Waals surface area contributed by atoms with E-state index in [4.69, 9.17) is 5.11 Å². The number of rotatable bonds is 7. The molecule has 2 N–H and O–H groups in total. The summed E-state index contributed by atoms with van der Waals surface area (Å²) in [7, 11) is 0. The molecule has 6 heteroatoms. The van der Waals surface area contributed by atoms with Crippen molar-refractivity contribution in [1.29, 1.82) is 0 Å². The van der Waals surface area contributed by atoms with Crippen LogP contribution in [0.5, 0.6) is 0 Å². The van der Waals surface area contributed by atoms with Crippen molar-refractivity contribution in [3.05, 3.63) is 29.6 Å². The van der Waals surface area contributed by atoms with Crippen molar-refractivity contribution >= 4 is 11.9 Å². The summed E-state index contributed by atoms with van der Waals surface area (Å²) in [5, 5.41) is 15.6. The summed E-state index contributed by atoms with van der Waals surface area (Å²) in [5.74, 6) is -1.04. The Morgan fingerprint density at radius 2 is 2.24 bits per heavy atom. The van der Waals surface area contributed by atoms with Crippen molar-refractivity contribution in [3.8, 4) is 0 Å². The van der Waals surface area contributed by atoms with Crippen molar-refractivity contribution in [2.75, 3.05) is 6.54 Å². The van der Waals surface area contributed by atoms with Gasteiger partial charge in [-0.3, -0.25) is 9.48 Å². The van der Waals surface area contributed by atoms with Gasteiger partial charge in [0.25, 0.3) is 0 Å². The lowest BCUT2D eigenvalue weighted by molar-refractivity contribution is -0.121. The summed E-state index contributed by atoms with van der Waals surface area (Å²) in [5.41, 5.74) is 1.58. The van der Waals surface area contributed by atoms with Crippen LogP contribution >= 0.6 is 0 Å². The molecule has 21 heavy (non-hydrogen) atoms. The number of carboxylic acids is 1. The summed E-state index contributed by atoms with van der Waals surface area (Å²) in [6, 6.07) is 0. The molecule has 0 fully saturated rings. The van der Waals surface area contributed by atoms with Gasteiger partial charge >= 0.3 is 5.97 Å². The number of hydrogen-bond acceptors (Lipinski definition) is 3. The van der Waals surface area contributed by atoms with E-state index >= 15 is 0 Å². The smallest absolute Gasteiger partial charge is 0.338 e. The Bertz CT molecular complexity index is 534. The molecule has 0 unspecified atom stereocenters. The number of carboxylic acid groups (broad SMARTS) is 1. The first-order valence-electron chi connectivity index (χ1n) is 7.35. The van der Waals surface area contributed by atoms with E-state index in [9.17, 15) is 9.59 Å². The van der Waals surface area contributed by atoms with Crippen molar-refractivity contribution in [2.24, 2.45) is 0 Å². The Balaban J connectivity index is 1.64. The summed E-state index contributed by atoms with van der Waals surface area (Å²) >= 11 is 0. The second-order valence-electron chi connectivity index (χ2n) is 5.26. The second-order valence-corrected chi connectivity index (χ2v) is 5.26. The van der Waals surface area contributed by atoms with Gasteiger partial charge in [-0.05, 0) is 32.1 Å².